The SMILES string of the molecule is COC(=O)C(C)(O)CSc1cc(N)ccc1Cl. The third-order valence-electron chi connectivity index (χ3n) is 2.09. The molecule has 0 aliphatic carbocycles. The van der Waals surface area contributed by atoms with Crippen molar-refractivity contribution in [1.29, 1.82) is 0 Å². The van der Waals surface area contributed by atoms with E-state index in [1.54, 1.807) is 18.2 Å². The zero-order chi connectivity index (χ0) is 13.1. The fourth-order valence-corrected chi connectivity index (χ4v) is 2.39. The number of rotatable bonds is 4. The van der Waals surface area contributed by atoms with E-state index in [0.717, 1.165) is 4.90 Å². The predicted molar refractivity (Wildman–Crippen MR) is 69.2 cm³/mol. The molecule has 4 nitrogen and oxygen atoms in total. The lowest BCUT2D eigenvalue weighted by atomic mass is 10.1. The molecular weight excluding hydrogens is 262 g/mol. The minimum Gasteiger partial charge on any atom is -0.467 e. The summed E-state index contributed by atoms with van der Waals surface area (Å²) in [5.41, 5.74) is 4.66. The molecule has 0 saturated carbocycles. The van der Waals surface area contributed by atoms with Crippen LogP contribution in [0.25, 0.3) is 0 Å². The summed E-state index contributed by atoms with van der Waals surface area (Å²) in [5.74, 6) is -0.534. The second-order valence-corrected chi connectivity index (χ2v) is 5.17. The number of esters is 1. The van der Waals surface area contributed by atoms with Crippen molar-refractivity contribution in [1.82, 2.24) is 0 Å². The molecular formula is C11H14ClNO3S. The van der Waals surface area contributed by atoms with E-state index in [2.05, 4.69) is 4.74 Å². The van der Waals surface area contributed by atoms with Crippen LogP contribution >= 0.6 is 23.4 Å². The minimum absolute atomic E-state index is 0.142. The van der Waals surface area contributed by atoms with Crippen molar-refractivity contribution in [3.8, 4) is 0 Å². The van der Waals surface area contributed by atoms with Crippen molar-refractivity contribution >= 4 is 35.0 Å². The zero-order valence-corrected chi connectivity index (χ0v) is 11.1. The first kappa shape index (κ1) is 14.2. The summed E-state index contributed by atoms with van der Waals surface area (Å²) >= 11 is 7.21. The first-order valence-electron chi connectivity index (χ1n) is 4.85. The Morgan fingerprint density at radius 3 is 2.88 bits per heavy atom. The Bertz CT molecular complexity index is 423. The Hall–Kier alpha value is -0.910. The fraction of sp³-hybridized carbons (Fsp3) is 0.364. The summed E-state index contributed by atoms with van der Waals surface area (Å²) < 4.78 is 4.50. The number of benzene rings is 1. The fourth-order valence-electron chi connectivity index (χ4n) is 1.13. The number of carbonyl (C=O) groups is 1. The van der Waals surface area contributed by atoms with Crippen molar-refractivity contribution in [2.45, 2.75) is 17.4 Å². The Morgan fingerprint density at radius 2 is 2.29 bits per heavy atom. The van der Waals surface area contributed by atoms with Crippen LogP contribution in [0.4, 0.5) is 5.69 Å². The van der Waals surface area contributed by atoms with Crippen molar-refractivity contribution in [3.63, 3.8) is 0 Å². The molecule has 17 heavy (non-hydrogen) atoms. The number of thioether (sulfide) groups is 1. The summed E-state index contributed by atoms with van der Waals surface area (Å²) in [5, 5.41) is 10.4. The highest BCUT2D eigenvalue weighted by molar-refractivity contribution is 7.99. The molecule has 3 N–H and O–H groups in total. The Labute approximate surface area is 109 Å². The largest absolute Gasteiger partial charge is 0.467 e. The number of carbonyl (C=O) groups excluding carboxylic acids is 1. The lowest BCUT2D eigenvalue weighted by Crippen LogP contribution is -2.38. The Balaban J connectivity index is 2.73. The van der Waals surface area contributed by atoms with Crippen molar-refractivity contribution in [3.05, 3.63) is 23.2 Å². The van der Waals surface area contributed by atoms with Crippen molar-refractivity contribution in [2.24, 2.45) is 0 Å². The normalized spacial score (nSPS) is 14.1. The smallest absolute Gasteiger partial charge is 0.338 e. The average Bonchev–Trinajstić information content (AvgIpc) is 2.29. The van der Waals surface area contributed by atoms with Crippen LogP contribution in [0.5, 0.6) is 0 Å². The lowest BCUT2D eigenvalue weighted by molar-refractivity contribution is -0.158. The molecule has 1 atom stereocenters. The molecule has 0 aliphatic heterocycles. The predicted octanol–water partition coefficient (Wildman–Crippen LogP) is 1.94. The number of hydrogen-bond acceptors (Lipinski definition) is 5. The molecule has 0 radical (unpaired) electrons. The standard InChI is InChI=1S/C11H14ClNO3S/c1-11(15,10(14)16-2)6-17-9-5-7(13)3-4-8(9)12/h3-5,15H,6,13H2,1-2H3. The van der Waals surface area contributed by atoms with E-state index in [-0.39, 0.29) is 5.75 Å². The summed E-state index contributed by atoms with van der Waals surface area (Å²) in [6.07, 6.45) is 0. The van der Waals surface area contributed by atoms with Gasteiger partial charge in [0, 0.05) is 16.3 Å². The van der Waals surface area contributed by atoms with Gasteiger partial charge in [-0.2, -0.15) is 0 Å². The maximum atomic E-state index is 11.3. The summed E-state index contributed by atoms with van der Waals surface area (Å²) in [6.45, 7) is 1.39. The Morgan fingerprint density at radius 1 is 1.65 bits per heavy atom. The van der Waals surface area contributed by atoms with Gasteiger partial charge in [-0.05, 0) is 25.1 Å². The van der Waals surface area contributed by atoms with Crippen LogP contribution in [0.3, 0.4) is 0 Å². The van der Waals surface area contributed by atoms with Crippen LogP contribution < -0.4 is 5.73 Å². The number of hydrogen-bond donors (Lipinski definition) is 2. The van der Waals surface area contributed by atoms with Gasteiger partial charge in [-0.25, -0.2) is 4.79 Å². The van der Waals surface area contributed by atoms with Gasteiger partial charge in [0.2, 0.25) is 0 Å². The van der Waals surface area contributed by atoms with E-state index >= 15 is 0 Å². The van der Waals surface area contributed by atoms with E-state index in [4.69, 9.17) is 17.3 Å². The number of nitrogen functional groups attached to an aromatic ring is 1. The van der Waals surface area contributed by atoms with Crippen LogP contribution in [-0.4, -0.2) is 29.5 Å². The number of methoxy groups -OCH3 is 1. The van der Waals surface area contributed by atoms with Gasteiger partial charge in [0.1, 0.15) is 0 Å². The molecule has 1 rings (SSSR count). The quantitative estimate of drug-likeness (QED) is 0.499. The van der Waals surface area contributed by atoms with Gasteiger partial charge in [-0.1, -0.05) is 11.6 Å². The molecule has 94 valence electrons. The van der Waals surface area contributed by atoms with Gasteiger partial charge >= 0.3 is 5.97 Å². The highest BCUT2D eigenvalue weighted by atomic mass is 35.5. The zero-order valence-electron chi connectivity index (χ0n) is 9.57. The van der Waals surface area contributed by atoms with Crippen LogP contribution in [0, 0.1) is 0 Å². The van der Waals surface area contributed by atoms with E-state index in [0.29, 0.717) is 10.7 Å². The lowest BCUT2D eigenvalue weighted by Gasteiger charge is -2.19. The maximum Gasteiger partial charge on any atom is 0.338 e. The molecule has 0 aliphatic rings. The topological polar surface area (TPSA) is 72.5 Å². The van der Waals surface area contributed by atoms with E-state index in [9.17, 15) is 9.90 Å². The van der Waals surface area contributed by atoms with E-state index < -0.39 is 11.6 Å². The number of nitrogens with two attached hydrogens (primary N) is 1. The van der Waals surface area contributed by atoms with Gasteiger partial charge in [0.15, 0.2) is 5.60 Å². The van der Waals surface area contributed by atoms with Crippen LogP contribution in [-0.2, 0) is 9.53 Å². The van der Waals surface area contributed by atoms with Gasteiger partial charge in [-0.3, -0.25) is 0 Å². The molecule has 0 saturated heterocycles. The third kappa shape index (κ3) is 3.80. The third-order valence-corrected chi connectivity index (χ3v) is 3.89. The minimum atomic E-state index is -1.55. The second kappa shape index (κ2) is 5.62. The summed E-state index contributed by atoms with van der Waals surface area (Å²) in [4.78, 5) is 12.0. The van der Waals surface area contributed by atoms with Crippen molar-refractivity contribution in [2.75, 3.05) is 18.6 Å². The molecule has 0 heterocycles. The van der Waals surface area contributed by atoms with Gasteiger partial charge < -0.3 is 15.6 Å². The molecule has 0 fully saturated rings. The monoisotopic (exact) mass is 275 g/mol. The second-order valence-electron chi connectivity index (χ2n) is 3.74. The summed E-state index contributed by atoms with van der Waals surface area (Å²) in [6, 6.07) is 5.05. The number of ether oxygens (including phenoxy) is 1. The first-order chi connectivity index (χ1) is 7.86. The van der Waals surface area contributed by atoms with Crippen LogP contribution in [0.2, 0.25) is 5.02 Å². The van der Waals surface area contributed by atoms with E-state index in [1.807, 2.05) is 0 Å². The highest BCUT2D eigenvalue weighted by Crippen LogP contribution is 2.31. The molecule has 0 aromatic heterocycles. The average molecular weight is 276 g/mol. The van der Waals surface area contributed by atoms with Crippen molar-refractivity contribution < 1.29 is 14.6 Å². The molecule has 0 bridgehead atoms. The number of halogens is 1. The number of aliphatic hydroxyl groups is 1. The first-order valence-corrected chi connectivity index (χ1v) is 6.22. The summed E-state index contributed by atoms with van der Waals surface area (Å²) in [7, 11) is 1.23. The Kier molecular flexibility index (Phi) is 4.68. The molecule has 6 heteroatoms. The maximum absolute atomic E-state index is 11.3. The van der Waals surface area contributed by atoms with Gasteiger partial charge in [0.25, 0.3) is 0 Å². The van der Waals surface area contributed by atoms with E-state index in [1.165, 1.54) is 25.8 Å². The van der Waals surface area contributed by atoms with Crippen LogP contribution in [0.15, 0.2) is 23.1 Å². The van der Waals surface area contributed by atoms with Gasteiger partial charge in [0.05, 0.1) is 12.1 Å². The molecule has 0 amide bonds. The molecule has 1 aromatic carbocycles. The van der Waals surface area contributed by atoms with Gasteiger partial charge in [-0.15, -0.1) is 11.8 Å². The van der Waals surface area contributed by atoms with Crippen LogP contribution in [0.1, 0.15) is 6.92 Å². The molecule has 1 aromatic rings. The molecule has 1 unspecified atom stereocenters. The molecule has 0 spiro atoms. The highest BCUT2D eigenvalue weighted by Gasteiger charge is 2.31. The number of anilines is 1.